The van der Waals surface area contributed by atoms with E-state index in [9.17, 15) is 0 Å². The van der Waals surface area contributed by atoms with Crippen LogP contribution in [0.15, 0.2) is 40.0 Å². The van der Waals surface area contributed by atoms with Crippen molar-refractivity contribution in [2.45, 2.75) is 31.7 Å². The van der Waals surface area contributed by atoms with Crippen LogP contribution in [0.3, 0.4) is 0 Å². The third kappa shape index (κ3) is 6.55. The normalized spacial score (nSPS) is 19.4. The Hall–Kier alpha value is -1.79. The second kappa shape index (κ2) is 10.3. The van der Waals surface area contributed by atoms with Crippen molar-refractivity contribution in [3.8, 4) is 0 Å². The molecule has 0 amide bonds. The SMILES string of the molecule is C1=CCC(NC(=NCCCN2CCOCC2)NCCc2ccco2)C1. The van der Waals surface area contributed by atoms with Crippen LogP contribution < -0.4 is 10.6 Å². The summed E-state index contributed by atoms with van der Waals surface area (Å²) in [6, 6.07) is 4.40. The Labute approximate surface area is 150 Å². The molecule has 1 aliphatic carbocycles. The van der Waals surface area contributed by atoms with Crippen molar-refractivity contribution in [2.75, 3.05) is 45.9 Å². The molecule has 6 nitrogen and oxygen atoms in total. The van der Waals surface area contributed by atoms with E-state index in [1.165, 1.54) is 0 Å². The predicted molar refractivity (Wildman–Crippen MR) is 99.9 cm³/mol. The van der Waals surface area contributed by atoms with Gasteiger partial charge in [-0.05, 0) is 31.4 Å². The molecule has 1 fully saturated rings. The second-order valence-corrected chi connectivity index (χ2v) is 6.58. The first kappa shape index (κ1) is 18.0. The van der Waals surface area contributed by atoms with Gasteiger partial charge in [-0.3, -0.25) is 9.89 Å². The van der Waals surface area contributed by atoms with Crippen LogP contribution in [-0.2, 0) is 11.2 Å². The number of hydrogen-bond donors (Lipinski definition) is 2. The van der Waals surface area contributed by atoms with Gasteiger partial charge in [-0.2, -0.15) is 0 Å². The molecule has 6 heteroatoms. The van der Waals surface area contributed by atoms with Gasteiger partial charge >= 0.3 is 0 Å². The lowest BCUT2D eigenvalue weighted by molar-refractivity contribution is 0.0377. The fourth-order valence-corrected chi connectivity index (χ4v) is 3.15. The summed E-state index contributed by atoms with van der Waals surface area (Å²) in [5, 5.41) is 6.99. The van der Waals surface area contributed by atoms with Crippen LogP contribution in [0.4, 0.5) is 0 Å². The van der Waals surface area contributed by atoms with Crippen LogP contribution >= 0.6 is 0 Å². The van der Waals surface area contributed by atoms with Crippen molar-refractivity contribution < 1.29 is 9.15 Å². The fourth-order valence-electron chi connectivity index (χ4n) is 3.15. The zero-order chi connectivity index (χ0) is 17.2. The highest BCUT2D eigenvalue weighted by molar-refractivity contribution is 5.80. The Morgan fingerprint density at radius 2 is 2.08 bits per heavy atom. The van der Waals surface area contributed by atoms with Crippen LogP contribution in [0.5, 0.6) is 0 Å². The number of rotatable bonds is 8. The summed E-state index contributed by atoms with van der Waals surface area (Å²) in [5.41, 5.74) is 0. The monoisotopic (exact) mass is 346 g/mol. The zero-order valence-electron chi connectivity index (χ0n) is 15.0. The van der Waals surface area contributed by atoms with Crippen LogP contribution in [-0.4, -0.2) is 62.8 Å². The van der Waals surface area contributed by atoms with Crippen molar-refractivity contribution in [1.29, 1.82) is 0 Å². The smallest absolute Gasteiger partial charge is 0.191 e. The molecule has 2 N–H and O–H groups in total. The van der Waals surface area contributed by atoms with E-state index in [-0.39, 0.29) is 0 Å². The molecule has 0 saturated carbocycles. The summed E-state index contributed by atoms with van der Waals surface area (Å²) in [4.78, 5) is 7.22. The van der Waals surface area contributed by atoms with Crippen LogP contribution in [0, 0.1) is 0 Å². The van der Waals surface area contributed by atoms with E-state index in [1.807, 2.05) is 12.1 Å². The average molecular weight is 346 g/mol. The lowest BCUT2D eigenvalue weighted by atomic mass is 10.2. The number of ether oxygens (including phenoxy) is 1. The minimum absolute atomic E-state index is 0.467. The number of guanidine groups is 1. The second-order valence-electron chi connectivity index (χ2n) is 6.58. The molecular weight excluding hydrogens is 316 g/mol. The molecule has 0 unspecified atom stereocenters. The highest BCUT2D eigenvalue weighted by Gasteiger charge is 2.12. The van der Waals surface area contributed by atoms with Crippen molar-refractivity contribution in [1.82, 2.24) is 15.5 Å². The number of aliphatic imine (C=N–C) groups is 1. The van der Waals surface area contributed by atoms with E-state index in [0.29, 0.717) is 6.04 Å². The molecule has 3 rings (SSSR count). The standard InChI is InChI=1S/C19H30N4O2/c1-2-6-17(5-1)22-19(21-10-8-18-7-3-14-25-18)20-9-4-11-23-12-15-24-16-13-23/h1-3,7,14,17H,4-6,8-13,15-16H2,(H2,20,21,22). The topological polar surface area (TPSA) is 62.0 Å². The number of nitrogens with one attached hydrogen (secondary N) is 2. The highest BCUT2D eigenvalue weighted by Crippen LogP contribution is 2.09. The molecule has 1 saturated heterocycles. The van der Waals surface area contributed by atoms with Crippen molar-refractivity contribution in [2.24, 2.45) is 4.99 Å². The van der Waals surface area contributed by atoms with Gasteiger partial charge in [-0.15, -0.1) is 0 Å². The average Bonchev–Trinajstić information content (AvgIpc) is 3.33. The van der Waals surface area contributed by atoms with Gasteiger partial charge in [0.1, 0.15) is 5.76 Å². The molecule has 2 heterocycles. The van der Waals surface area contributed by atoms with Crippen molar-refractivity contribution in [3.05, 3.63) is 36.3 Å². The molecule has 138 valence electrons. The molecule has 0 bridgehead atoms. The summed E-state index contributed by atoms with van der Waals surface area (Å²) in [6.45, 7) is 6.57. The first-order valence-electron chi connectivity index (χ1n) is 9.42. The maximum absolute atomic E-state index is 5.39. The van der Waals surface area contributed by atoms with Gasteiger partial charge in [-0.25, -0.2) is 0 Å². The quantitative estimate of drug-likeness (QED) is 0.325. The number of hydrogen-bond acceptors (Lipinski definition) is 4. The van der Waals surface area contributed by atoms with Crippen LogP contribution in [0.2, 0.25) is 0 Å². The van der Waals surface area contributed by atoms with Gasteiger partial charge in [0.2, 0.25) is 0 Å². The van der Waals surface area contributed by atoms with Gasteiger partial charge in [-0.1, -0.05) is 12.2 Å². The van der Waals surface area contributed by atoms with Gasteiger partial charge in [0.15, 0.2) is 5.96 Å². The first-order chi connectivity index (χ1) is 12.4. The van der Waals surface area contributed by atoms with E-state index in [1.54, 1.807) is 6.26 Å². The summed E-state index contributed by atoms with van der Waals surface area (Å²) in [6.07, 6.45) is 10.3. The van der Waals surface area contributed by atoms with Crippen LogP contribution in [0.1, 0.15) is 25.0 Å². The van der Waals surface area contributed by atoms with Gasteiger partial charge in [0, 0.05) is 45.2 Å². The molecule has 1 aliphatic heterocycles. The van der Waals surface area contributed by atoms with Gasteiger partial charge in [0.05, 0.1) is 19.5 Å². The molecule has 1 aromatic heterocycles. The van der Waals surface area contributed by atoms with Crippen molar-refractivity contribution in [3.63, 3.8) is 0 Å². The Morgan fingerprint density at radius 3 is 2.84 bits per heavy atom. The number of furan rings is 1. The fraction of sp³-hybridized carbons (Fsp3) is 0.632. The van der Waals surface area contributed by atoms with Crippen molar-refractivity contribution >= 4 is 5.96 Å². The van der Waals surface area contributed by atoms with E-state index >= 15 is 0 Å². The van der Waals surface area contributed by atoms with E-state index < -0.39 is 0 Å². The molecule has 0 aromatic carbocycles. The third-order valence-electron chi connectivity index (χ3n) is 4.60. The Balaban J connectivity index is 1.40. The molecule has 0 spiro atoms. The molecule has 0 atom stereocenters. The Bertz CT molecular complexity index is 528. The number of nitrogens with zero attached hydrogens (tertiary/aromatic N) is 2. The maximum atomic E-state index is 5.39. The number of morpholine rings is 1. The Kier molecular flexibility index (Phi) is 7.39. The zero-order valence-corrected chi connectivity index (χ0v) is 15.0. The third-order valence-corrected chi connectivity index (χ3v) is 4.60. The van der Waals surface area contributed by atoms with Gasteiger partial charge < -0.3 is 19.8 Å². The molecular formula is C19H30N4O2. The molecule has 0 radical (unpaired) electrons. The lowest BCUT2D eigenvalue weighted by Crippen LogP contribution is -2.43. The summed E-state index contributed by atoms with van der Waals surface area (Å²) >= 11 is 0. The molecule has 1 aromatic rings. The van der Waals surface area contributed by atoms with E-state index in [4.69, 9.17) is 14.1 Å². The maximum Gasteiger partial charge on any atom is 0.191 e. The minimum Gasteiger partial charge on any atom is -0.469 e. The molecule has 2 aliphatic rings. The first-order valence-corrected chi connectivity index (χ1v) is 9.42. The summed E-state index contributed by atoms with van der Waals surface area (Å²) < 4.78 is 10.8. The van der Waals surface area contributed by atoms with E-state index in [2.05, 4.69) is 27.7 Å². The van der Waals surface area contributed by atoms with E-state index in [0.717, 1.165) is 83.3 Å². The summed E-state index contributed by atoms with van der Waals surface area (Å²) in [5.74, 6) is 1.92. The highest BCUT2D eigenvalue weighted by atomic mass is 16.5. The van der Waals surface area contributed by atoms with Gasteiger partial charge in [0.25, 0.3) is 0 Å². The molecule has 25 heavy (non-hydrogen) atoms. The van der Waals surface area contributed by atoms with Crippen LogP contribution in [0.25, 0.3) is 0 Å². The predicted octanol–water partition coefficient (Wildman–Crippen LogP) is 1.80. The Morgan fingerprint density at radius 1 is 1.24 bits per heavy atom. The largest absolute Gasteiger partial charge is 0.469 e. The summed E-state index contributed by atoms with van der Waals surface area (Å²) in [7, 11) is 0. The minimum atomic E-state index is 0.467. The lowest BCUT2D eigenvalue weighted by Gasteiger charge is -2.26.